The second-order valence-corrected chi connectivity index (χ2v) is 5.71. The van der Waals surface area contributed by atoms with Gasteiger partial charge < -0.3 is 15.4 Å². The number of amides is 1. The number of benzene rings is 1. The molecule has 2 fully saturated rings. The van der Waals surface area contributed by atoms with Gasteiger partial charge in [0, 0.05) is 24.8 Å². The van der Waals surface area contributed by atoms with Crippen molar-refractivity contribution in [1.29, 1.82) is 0 Å². The van der Waals surface area contributed by atoms with Crippen LogP contribution < -0.4 is 5.73 Å². The highest BCUT2D eigenvalue weighted by molar-refractivity contribution is 5.87. The van der Waals surface area contributed by atoms with Crippen molar-refractivity contribution in [3.63, 3.8) is 0 Å². The fraction of sp³-hybridized carbons (Fsp3) is 0.533. The smallest absolute Gasteiger partial charge is 0.245 e. The van der Waals surface area contributed by atoms with Crippen LogP contribution in [0.3, 0.4) is 0 Å². The summed E-state index contributed by atoms with van der Waals surface area (Å²) in [6, 6.07) is 6.76. The van der Waals surface area contributed by atoms with Crippen LogP contribution in [0, 0.1) is 5.82 Å². The number of carbonyl (C=O) groups is 1. The van der Waals surface area contributed by atoms with Crippen molar-refractivity contribution in [1.82, 2.24) is 4.90 Å². The minimum Gasteiger partial charge on any atom is -0.379 e. The molecule has 1 aliphatic heterocycles. The summed E-state index contributed by atoms with van der Waals surface area (Å²) in [5.41, 5.74) is 5.75. The number of halogens is 1. The third-order valence-electron chi connectivity index (χ3n) is 4.03. The summed E-state index contributed by atoms with van der Waals surface area (Å²) in [7, 11) is 0. The molecule has 1 aromatic carbocycles. The highest BCUT2D eigenvalue weighted by atomic mass is 19.1. The molecule has 0 spiro atoms. The molecule has 20 heavy (non-hydrogen) atoms. The van der Waals surface area contributed by atoms with Crippen molar-refractivity contribution in [2.75, 3.05) is 13.2 Å². The Morgan fingerprint density at radius 3 is 2.80 bits per heavy atom. The van der Waals surface area contributed by atoms with Crippen molar-refractivity contribution in [2.45, 2.75) is 37.4 Å². The van der Waals surface area contributed by atoms with E-state index < -0.39 is 5.54 Å². The molecule has 4 nitrogen and oxygen atoms in total. The summed E-state index contributed by atoms with van der Waals surface area (Å²) in [5.74, 6) is -0.388. The van der Waals surface area contributed by atoms with Gasteiger partial charge >= 0.3 is 0 Å². The van der Waals surface area contributed by atoms with E-state index in [1.54, 1.807) is 23.1 Å². The van der Waals surface area contributed by atoms with E-state index in [4.69, 9.17) is 10.5 Å². The van der Waals surface area contributed by atoms with E-state index in [2.05, 4.69) is 0 Å². The predicted molar refractivity (Wildman–Crippen MR) is 72.3 cm³/mol. The van der Waals surface area contributed by atoms with Gasteiger partial charge in [0.05, 0.1) is 6.61 Å². The molecule has 1 amide bonds. The first kappa shape index (κ1) is 13.5. The summed E-state index contributed by atoms with van der Waals surface area (Å²) in [6.45, 7) is 1.06. The van der Waals surface area contributed by atoms with Gasteiger partial charge in [0.1, 0.15) is 11.4 Å². The maximum absolute atomic E-state index is 13.8. The standard InChI is InChI=1S/C15H19FN2O2/c16-13-4-2-1-3-11(13)9-18(12-5-6-12)14(19)15(17)7-8-20-10-15/h1-4,12H,5-10,17H2. The third-order valence-corrected chi connectivity index (χ3v) is 4.03. The van der Waals surface area contributed by atoms with Crippen LogP contribution in [0.25, 0.3) is 0 Å². The lowest BCUT2D eigenvalue weighted by Gasteiger charge is -2.31. The average Bonchev–Trinajstić information content (AvgIpc) is 3.19. The van der Waals surface area contributed by atoms with Gasteiger partial charge in [0.15, 0.2) is 0 Å². The fourth-order valence-corrected chi connectivity index (χ4v) is 2.60. The van der Waals surface area contributed by atoms with Gasteiger partial charge in [-0.3, -0.25) is 4.79 Å². The molecule has 1 saturated carbocycles. The van der Waals surface area contributed by atoms with Gasteiger partial charge in [-0.15, -0.1) is 0 Å². The molecule has 2 N–H and O–H groups in total. The number of carbonyl (C=O) groups excluding carboxylic acids is 1. The Morgan fingerprint density at radius 2 is 2.20 bits per heavy atom. The normalized spacial score (nSPS) is 25.7. The Morgan fingerprint density at radius 1 is 1.45 bits per heavy atom. The van der Waals surface area contributed by atoms with Crippen LogP contribution in [-0.4, -0.2) is 35.6 Å². The Balaban J connectivity index is 1.79. The molecule has 1 saturated heterocycles. The van der Waals surface area contributed by atoms with Crippen LogP contribution >= 0.6 is 0 Å². The zero-order valence-electron chi connectivity index (χ0n) is 11.3. The fourth-order valence-electron chi connectivity index (χ4n) is 2.60. The van der Waals surface area contributed by atoms with Crippen molar-refractivity contribution >= 4 is 5.91 Å². The van der Waals surface area contributed by atoms with Crippen molar-refractivity contribution in [3.8, 4) is 0 Å². The first-order valence-corrected chi connectivity index (χ1v) is 7.01. The van der Waals surface area contributed by atoms with Crippen LogP contribution in [0.15, 0.2) is 24.3 Å². The largest absolute Gasteiger partial charge is 0.379 e. The molecule has 1 aromatic rings. The molecule has 1 atom stereocenters. The lowest BCUT2D eigenvalue weighted by Crippen LogP contribution is -2.56. The summed E-state index contributed by atoms with van der Waals surface area (Å²) >= 11 is 0. The highest BCUT2D eigenvalue weighted by Crippen LogP contribution is 2.32. The van der Waals surface area contributed by atoms with Gasteiger partial charge in [-0.1, -0.05) is 18.2 Å². The van der Waals surface area contributed by atoms with E-state index in [1.807, 2.05) is 0 Å². The van der Waals surface area contributed by atoms with E-state index in [0.717, 1.165) is 12.8 Å². The first-order valence-electron chi connectivity index (χ1n) is 7.01. The minimum atomic E-state index is -0.937. The second-order valence-electron chi connectivity index (χ2n) is 5.71. The Hall–Kier alpha value is -1.46. The van der Waals surface area contributed by atoms with E-state index in [0.29, 0.717) is 18.6 Å². The van der Waals surface area contributed by atoms with Gasteiger partial charge in [0.25, 0.3) is 0 Å². The number of hydrogen-bond donors (Lipinski definition) is 1. The van der Waals surface area contributed by atoms with Crippen LogP contribution in [0.1, 0.15) is 24.8 Å². The maximum Gasteiger partial charge on any atom is 0.245 e. The van der Waals surface area contributed by atoms with Gasteiger partial charge in [-0.05, 0) is 25.3 Å². The summed E-state index contributed by atoms with van der Waals surface area (Å²) in [4.78, 5) is 14.4. The molecule has 1 aliphatic carbocycles. The lowest BCUT2D eigenvalue weighted by molar-refractivity contribution is -0.138. The van der Waals surface area contributed by atoms with Gasteiger partial charge in [-0.25, -0.2) is 4.39 Å². The Bertz CT molecular complexity index is 510. The predicted octanol–water partition coefficient (Wildman–Crippen LogP) is 1.43. The van der Waals surface area contributed by atoms with Gasteiger partial charge in [0.2, 0.25) is 5.91 Å². The van der Waals surface area contributed by atoms with Crippen molar-refractivity contribution in [2.24, 2.45) is 5.73 Å². The van der Waals surface area contributed by atoms with Crippen LogP contribution in [0.5, 0.6) is 0 Å². The van der Waals surface area contributed by atoms with E-state index in [1.165, 1.54) is 6.07 Å². The SMILES string of the molecule is NC1(C(=O)N(Cc2ccccc2F)C2CC2)CCOC1. The molecule has 1 heterocycles. The Kier molecular flexibility index (Phi) is 3.48. The van der Waals surface area contributed by atoms with Crippen LogP contribution in [-0.2, 0) is 16.1 Å². The number of nitrogens with zero attached hydrogens (tertiary/aromatic N) is 1. The second kappa shape index (κ2) is 5.14. The number of ether oxygens (including phenoxy) is 1. The lowest BCUT2D eigenvalue weighted by atomic mass is 9.97. The first-order chi connectivity index (χ1) is 9.60. The zero-order valence-corrected chi connectivity index (χ0v) is 11.3. The molecule has 0 aromatic heterocycles. The van der Waals surface area contributed by atoms with Crippen molar-refractivity contribution in [3.05, 3.63) is 35.6 Å². The highest BCUT2D eigenvalue weighted by Gasteiger charge is 2.45. The molecule has 0 bridgehead atoms. The number of hydrogen-bond acceptors (Lipinski definition) is 3. The Labute approximate surface area is 117 Å². The molecule has 1 unspecified atom stereocenters. The molecule has 0 radical (unpaired) electrons. The molecule has 5 heteroatoms. The van der Waals surface area contributed by atoms with E-state index in [9.17, 15) is 9.18 Å². The van der Waals surface area contributed by atoms with E-state index in [-0.39, 0.29) is 30.9 Å². The summed E-state index contributed by atoms with van der Waals surface area (Å²) in [6.07, 6.45) is 2.47. The van der Waals surface area contributed by atoms with Crippen LogP contribution in [0.2, 0.25) is 0 Å². The summed E-state index contributed by atoms with van der Waals surface area (Å²) < 4.78 is 19.0. The molecule has 3 rings (SSSR count). The molecular formula is C15H19FN2O2. The molecule has 2 aliphatic rings. The van der Waals surface area contributed by atoms with E-state index >= 15 is 0 Å². The maximum atomic E-state index is 13.8. The van der Waals surface area contributed by atoms with Crippen LogP contribution in [0.4, 0.5) is 4.39 Å². The zero-order chi connectivity index (χ0) is 14.2. The average molecular weight is 278 g/mol. The molecular weight excluding hydrogens is 259 g/mol. The number of nitrogens with two attached hydrogens (primary N) is 1. The topological polar surface area (TPSA) is 55.6 Å². The summed E-state index contributed by atoms with van der Waals surface area (Å²) in [5, 5.41) is 0. The number of rotatable bonds is 4. The quantitative estimate of drug-likeness (QED) is 0.906. The third kappa shape index (κ3) is 2.55. The molecule has 108 valence electrons. The van der Waals surface area contributed by atoms with Gasteiger partial charge in [-0.2, -0.15) is 0 Å². The monoisotopic (exact) mass is 278 g/mol. The minimum absolute atomic E-state index is 0.110. The van der Waals surface area contributed by atoms with Crippen molar-refractivity contribution < 1.29 is 13.9 Å².